The van der Waals surface area contributed by atoms with Crippen LogP contribution >= 0.6 is 11.6 Å². The lowest BCUT2D eigenvalue weighted by atomic mass is 10.1. The zero-order chi connectivity index (χ0) is 33.9. The first-order valence-electron chi connectivity index (χ1n) is 14.8. The van der Waals surface area contributed by atoms with Gasteiger partial charge >= 0.3 is 0 Å². The van der Waals surface area contributed by atoms with Crippen LogP contribution in [0.4, 0.5) is 5.69 Å². The number of nitrogens with zero attached hydrogens (tertiary/aromatic N) is 2. The van der Waals surface area contributed by atoms with Gasteiger partial charge in [0.15, 0.2) is 11.5 Å². The number of unbranched alkanes of at least 4 members (excludes halogenated alkanes) is 1. The summed E-state index contributed by atoms with van der Waals surface area (Å²) in [6, 6.07) is 14.8. The molecular weight excluding hydrogens is 634 g/mol. The van der Waals surface area contributed by atoms with Crippen LogP contribution in [-0.4, -0.2) is 72.7 Å². The molecule has 11 nitrogen and oxygen atoms in total. The van der Waals surface area contributed by atoms with E-state index in [2.05, 4.69) is 5.32 Å². The summed E-state index contributed by atoms with van der Waals surface area (Å²) in [5.41, 5.74) is 0.770. The highest BCUT2D eigenvalue weighted by Gasteiger charge is 2.35. The molecule has 0 heterocycles. The van der Waals surface area contributed by atoms with Crippen molar-refractivity contribution in [2.45, 2.75) is 50.6 Å². The maximum Gasteiger partial charge on any atom is 0.265 e. The predicted molar refractivity (Wildman–Crippen MR) is 178 cm³/mol. The maximum atomic E-state index is 14.4. The third-order valence-electron chi connectivity index (χ3n) is 7.36. The average Bonchev–Trinajstić information content (AvgIpc) is 3.06. The molecule has 0 bridgehead atoms. The largest absolute Gasteiger partial charge is 0.497 e. The first-order chi connectivity index (χ1) is 22.0. The molecule has 0 aliphatic rings. The molecule has 0 saturated carbocycles. The molecule has 1 atom stereocenters. The summed E-state index contributed by atoms with van der Waals surface area (Å²) in [5, 5.41) is 3.15. The van der Waals surface area contributed by atoms with Crippen LogP contribution in [0, 0.1) is 0 Å². The number of amides is 2. The normalized spacial score (nSPS) is 11.7. The van der Waals surface area contributed by atoms with Crippen molar-refractivity contribution >= 4 is 39.1 Å². The second-order valence-electron chi connectivity index (χ2n) is 10.3. The molecule has 0 aliphatic carbocycles. The molecule has 46 heavy (non-hydrogen) atoms. The molecule has 0 aliphatic heterocycles. The van der Waals surface area contributed by atoms with Crippen LogP contribution < -0.4 is 28.6 Å². The molecule has 3 rings (SSSR count). The summed E-state index contributed by atoms with van der Waals surface area (Å²) in [6.45, 7) is 3.65. The van der Waals surface area contributed by atoms with Crippen LogP contribution in [-0.2, 0) is 26.2 Å². The van der Waals surface area contributed by atoms with Crippen LogP contribution in [0.3, 0.4) is 0 Å². The van der Waals surface area contributed by atoms with Gasteiger partial charge in [-0.1, -0.05) is 44.0 Å². The first-order valence-corrected chi connectivity index (χ1v) is 16.6. The number of halogens is 1. The zero-order valence-electron chi connectivity index (χ0n) is 27.0. The summed E-state index contributed by atoms with van der Waals surface area (Å²) in [4.78, 5) is 29.0. The lowest BCUT2D eigenvalue weighted by molar-refractivity contribution is -0.140. The summed E-state index contributed by atoms with van der Waals surface area (Å²) in [6.07, 6.45) is 1.96. The first kappa shape index (κ1) is 36.3. The Kier molecular flexibility index (Phi) is 13.4. The number of anilines is 1. The van der Waals surface area contributed by atoms with Crippen molar-refractivity contribution < 1.29 is 37.0 Å². The van der Waals surface area contributed by atoms with E-state index < -0.39 is 28.5 Å². The average molecular weight is 676 g/mol. The van der Waals surface area contributed by atoms with E-state index in [0.717, 1.165) is 22.7 Å². The molecule has 0 spiro atoms. The van der Waals surface area contributed by atoms with Crippen molar-refractivity contribution in [1.29, 1.82) is 0 Å². The molecule has 2 amide bonds. The molecule has 13 heteroatoms. The number of hydrogen-bond acceptors (Lipinski definition) is 8. The predicted octanol–water partition coefficient (Wildman–Crippen LogP) is 5.29. The van der Waals surface area contributed by atoms with Gasteiger partial charge in [-0.3, -0.25) is 13.9 Å². The number of rotatable bonds is 17. The Balaban J connectivity index is 2.15. The van der Waals surface area contributed by atoms with E-state index in [0.29, 0.717) is 24.5 Å². The van der Waals surface area contributed by atoms with E-state index in [1.54, 1.807) is 44.4 Å². The van der Waals surface area contributed by atoms with Crippen LogP contribution in [0.2, 0.25) is 5.02 Å². The van der Waals surface area contributed by atoms with Gasteiger partial charge in [0.05, 0.1) is 39.0 Å². The van der Waals surface area contributed by atoms with E-state index in [4.69, 9.17) is 30.5 Å². The highest BCUT2D eigenvalue weighted by atomic mass is 35.5. The lowest BCUT2D eigenvalue weighted by Gasteiger charge is -2.33. The Labute approximate surface area is 276 Å². The number of carbonyl (C=O) groups excluding carboxylic acids is 2. The smallest absolute Gasteiger partial charge is 0.265 e. The van der Waals surface area contributed by atoms with Gasteiger partial charge < -0.3 is 29.2 Å². The molecule has 3 aromatic rings. The minimum Gasteiger partial charge on any atom is -0.497 e. The van der Waals surface area contributed by atoms with Gasteiger partial charge in [-0.15, -0.1) is 0 Å². The number of ether oxygens (including phenoxy) is 4. The van der Waals surface area contributed by atoms with Crippen LogP contribution in [0.5, 0.6) is 23.0 Å². The molecular formula is C33H42ClN3O8S. The standard InChI is InChI=1S/C33H42ClN3O8S/c1-7-9-18-35-33(39)27(8-2)36(21-23-10-13-25(42-3)14-11-23)32(38)22-37(28-19-24(34)12-16-29(28)43-4)46(40,41)26-15-17-30(44-5)31(20-26)45-6/h10-17,19-20,27H,7-9,18,21-22H2,1-6H3,(H,35,39). The number of hydrogen-bond donors (Lipinski definition) is 1. The van der Waals surface area contributed by atoms with Gasteiger partial charge in [-0.25, -0.2) is 8.42 Å². The number of sulfonamides is 1. The number of carbonyl (C=O) groups is 2. The minimum absolute atomic E-state index is 0.0411. The van der Waals surface area contributed by atoms with Crippen molar-refractivity contribution in [3.05, 3.63) is 71.2 Å². The number of nitrogens with one attached hydrogen (secondary N) is 1. The van der Waals surface area contributed by atoms with Crippen LogP contribution in [0.15, 0.2) is 65.6 Å². The Morgan fingerprint density at radius 1 is 0.848 bits per heavy atom. The summed E-state index contributed by atoms with van der Waals surface area (Å²) >= 11 is 6.34. The van der Waals surface area contributed by atoms with E-state index in [1.165, 1.54) is 56.6 Å². The molecule has 0 fully saturated rings. The molecule has 3 aromatic carbocycles. The fraction of sp³-hybridized carbons (Fsp3) is 0.394. The van der Waals surface area contributed by atoms with Crippen molar-refractivity contribution in [3.63, 3.8) is 0 Å². The fourth-order valence-corrected chi connectivity index (χ4v) is 6.43. The van der Waals surface area contributed by atoms with E-state index in [-0.39, 0.29) is 39.6 Å². The van der Waals surface area contributed by atoms with Gasteiger partial charge in [0.25, 0.3) is 10.0 Å². The summed E-state index contributed by atoms with van der Waals surface area (Å²) < 4.78 is 51.1. The van der Waals surface area contributed by atoms with Crippen molar-refractivity contribution in [3.8, 4) is 23.0 Å². The zero-order valence-corrected chi connectivity index (χ0v) is 28.6. The quantitative estimate of drug-likeness (QED) is 0.192. The second kappa shape index (κ2) is 17.0. The van der Waals surface area contributed by atoms with Crippen molar-refractivity contribution in [2.24, 2.45) is 0 Å². The molecule has 250 valence electrons. The molecule has 1 N–H and O–H groups in total. The monoisotopic (exact) mass is 675 g/mol. The Morgan fingerprint density at radius 3 is 2.09 bits per heavy atom. The third kappa shape index (κ3) is 8.76. The van der Waals surface area contributed by atoms with Gasteiger partial charge in [-0.05, 0) is 60.9 Å². The number of benzene rings is 3. The van der Waals surface area contributed by atoms with E-state index >= 15 is 0 Å². The highest BCUT2D eigenvalue weighted by Crippen LogP contribution is 2.37. The fourth-order valence-electron chi connectivity index (χ4n) is 4.83. The van der Waals surface area contributed by atoms with Crippen molar-refractivity contribution in [2.75, 3.05) is 45.8 Å². The van der Waals surface area contributed by atoms with Gasteiger partial charge in [-0.2, -0.15) is 0 Å². The van der Waals surface area contributed by atoms with E-state index in [1.807, 2.05) is 6.92 Å². The Bertz CT molecular complexity index is 1580. The van der Waals surface area contributed by atoms with Gasteiger partial charge in [0.1, 0.15) is 24.1 Å². The molecule has 0 aromatic heterocycles. The van der Waals surface area contributed by atoms with Gasteiger partial charge in [0, 0.05) is 24.2 Å². The molecule has 0 saturated heterocycles. The third-order valence-corrected chi connectivity index (χ3v) is 9.35. The Hall–Kier alpha value is -4.16. The van der Waals surface area contributed by atoms with Crippen LogP contribution in [0.1, 0.15) is 38.7 Å². The number of methoxy groups -OCH3 is 4. The minimum atomic E-state index is -4.45. The molecule has 0 radical (unpaired) electrons. The highest BCUT2D eigenvalue weighted by molar-refractivity contribution is 7.92. The Morgan fingerprint density at radius 2 is 1.50 bits per heavy atom. The maximum absolute atomic E-state index is 14.4. The summed E-state index contributed by atoms with van der Waals surface area (Å²) in [7, 11) is 1.32. The van der Waals surface area contributed by atoms with Crippen molar-refractivity contribution in [1.82, 2.24) is 10.2 Å². The van der Waals surface area contributed by atoms with Crippen LogP contribution in [0.25, 0.3) is 0 Å². The lowest BCUT2D eigenvalue weighted by Crippen LogP contribution is -2.52. The van der Waals surface area contributed by atoms with E-state index in [9.17, 15) is 18.0 Å². The summed E-state index contributed by atoms with van der Waals surface area (Å²) in [5.74, 6) is 0.379. The molecule has 1 unspecified atom stereocenters. The second-order valence-corrected chi connectivity index (χ2v) is 12.6. The topological polar surface area (TPSA) is 124 Å². The SMILES string of the molecule is CCCCNC(=O)C(CC)N(Cc1ccc(OC)cc1)C(=O)CN(c1cc(Cl)ccc1OC)S(=O)(=O)c1ccc(OC)c(OC)c1. The van der Waals surface area contributed by atoms with Gasteiger partial charge in [0.2, 0.25) is 11.8 Å².